The van der Waals surface area contributed by atoms with Gasteiger partial charge in [0.2, 0.25) is 5.95 Å². The Morgan fingerprint density at radius 3 is 2.69 bits per heavy atom. The van der Waals surface area contributed by atoms with Gasteiger partial charge in [0.15, 0.2) is 0 Å². The highest BCUT2D eigenvalue weighted by Crippen LogP contribution is 2.32. The first kappa shape index (κ1) is 23.0. The minimum absolute atomic E-state index is 0.556. The Labute approximate surface area is 205 Å². The van der Waals surface area contributed by atoms with Crippen LogP contribution < -0.4 is 11.1 Å². The minimum Gasteiger partial charge on any atom is -0.399 e. The van der Waals surface area contributed by atoms with E-state index in [-0.39, 0.29) is 0 Å². The molecule has 0 atom stereocenters. The molecule has 8 nitrogen and oxygen atoms in total. The van der Waals surface area contributed by atoms with E-state index in [1.807, 2.05) is 47.3 Å². The van der Waals surface area contributed by atoms with E-state index in [9.17, 15) is 0 Å². The Morgan fingerprint density at radius 1 is 1.06 bits per heavy atom. The van der Waals surface area contributed by atoms with E-state index in [4.69, 9.17) is 15.5 Å². The molecule has 8 heteroatoms. The van der Waals surface area contributed by atoms with Gasteiger partial charge in [-0.25, -0.2) is 9.97 Å². The highest BCUT2D eigenvalue weighted by atomic mass is 16.5. The number of aryl methyl sites for hydroxylation is 1. The monoisotopic (exact) mass is 469 g/mol. The molecule has 3 N–H and O–H groups in total. The zero-order valence-corrected chi connectivity index (χ0v) is 20.0. The van der Waals surface area contributed by atoms with Gasteiger partial charge in [0.1, 0.15) is 0 Å². The molecular formula is C27H31N7O. The zero-order valence-electron chi connectivity index (χ0n) is 20.0. The standard InChI is InChI=1S/C27H31N7O/c1-2-34-26(21-6-8-22(28)9-7-21)24(19-30-34)25-10-12-29-27(32-25)31-23-5-3-4-20(18-23)11-13-33-14-16-35-17-15-33/h3-10,12,18-19H,2,11,13-17,28H2,1H3,(H,29,31,32). The van der Waals surface area contributed by atoms with E-state index >= 15 is 0 Å². The Hall–Kier alpha value is -3.75. The first-order chi connectivity index (χ1) is 17.2. The van der Waals surface area contributed by atoms with Crippen LogP contribution in [0.25, 0.3) is 22.5 Å². The molecule has 180 valence electrons. The van der Waals surface area contributed by atoms with Gasteiger partial charge in [-0.05, 0) is 49.2 Å². The van der Waals surface area contributed by atoms with Crippen molar-refractivity contribution in [3.8, 4) is 22.5 Å². The van der Waals surface area contributed by atoms with Crippen molar-refractivity contribution in [2.75, 3.05) is 43.9 Å². The molecule has 0 bridgehead atoms. The van der Waals surface area contributed by atoms with Gasteiger partial charge in [0.05, 0.1) is 30.8 Å². The second-order valence-corrected chi connectivity index (χ2v) is 8.64. The van der Waals surface area contributed by atoms with Gasteiger partial charge in [-0.3, -0.25) is 9.58 Å². The van der Waals surface area contributed by atoms with Crippen LogP contribution in [0.3, 0.4) is 0 Å². The lowest BCUT2D eigenvalue weighted by atomic mass is 10.1. The number of nitrogens with zero attached hydrogens (tertiary/aromatic N) is 5. The summed E-state index contributed by atoms with van der Waals surface area (Å²) >= 11 is 0. The fourth-order valence-corrected chi connectivity index (χ4v) is 4.37. The smallest absolute Gasteiger partial charge is 0.227 e. The van der Waals surface area contributed by atoms with Crippen molar-refractivity contribution in [2.45, 2.75) is 19.9 Å². The maximum atomic E-state index is 5.90. The van der Waals surface area contributed by atoms with Crippen LogP contribution in [-0.4, -0.2) is 57.5 Å². The minimum atomic E-state index is 0.556. The summed E-state index contributed by atoms with van der Waals surface area (Å²) in [5.41, 5.74) is 12.7. The largest absolute Gasteiger partial charge is 0.399 e. The summed E-state index contributed by atoms with van der Waals surface area (Å²) in [5, 5.41) is 7.97. The number of anilines is 3. The van der Waals surface area contributed by atoms with Gasteiger partial charge in [-0.15, -0.1) is 0 Å². The molecule has 0 saturated carbocycles. The normalized spacial score (nSPS) is 14.2. The van der Waals surface area contributed by atoms with Crippen LogP contribution in [0, 0.1) is 0 Å². The van der Waals surface area contributed by atoms with Crippen molar-refractivity contribution >= 4 is 17.3 Å². The van der Waals surface area contributed by atoms with Crippen molar-refractivity contribution in [3.05, 3.63) is 72.6 Å². The number of morpholine rings is 1. The lowest BCUT2D eigenvalue weighted by Gasteiger charge is -2.26. The zero-order chi connectivity index (χ0) is 24.0. The fraction of sp³-hybridized carbons (Fsp3) is 0.296. The Balaban J connectivity index is 1.35. The van der Waals surface area contributed by atoms with Crippen LogP contribution in [-0.2, 0) is 17.7 Å². The topological polar surface area (TPSA) is 94.1 Å². The molecule has 1 saturated heterocycles. The summed E-state index contributed by atoms with van der Waals surface area (Å²) in [7, 11) is 0. The average Bonchev–Trinajstić information content (AvgIpc) is 3.33. The van der Waals surface area contributed by atoms with Crippen LogP contribution in [0.1, 0.15) is 12.5 Å². The summed E-state index contributed by atoms with van der Waals surface area (Å²) in [6.07, 6.45) is 4.65. The summed E-state index contributed by atoms with van der Waals surface area (Å²) in [5.74, 6) is 0.556. The van der Waals surface area contributed by atoms with Gasteiger partial charge < -0.3 is 15.8 Å². The molecule has 0 spiro atoms. The number of nitrogens with two attached hydrogens (primary N) is 1. The first-order valence-corrected chi connectivity index (χ1v) is 12.1. The number of hydrogen-bond donors (Lipinski definition) is 2. The number of nitrogen functional groups attached to an aromatic ring is 1. The number of nitrogens with one attached hydrogen (secondary N) is 1. The van der Waals surface area contributed by atoms with Crippen LogP contribution in [0.5, 0.6) is 0 Å². The molecule has 0 radical (unpaired) electrons. The average molecular weight is 470 g/mol. The third-order valence-corrected chi connectivity index (χ3v) is 6.26. The Morgan fingerprint density at radius 2 is 1.89 bits per heavy atom. The van der Waals surface area contributed by atoms with Crippen LogP contribution >= 0.6 is 0 Å². The number of benzene rings is 2. The summed E-state index contributed by atoms with van der Waals surface area (Å²) in [6, 6.07) is 18.2. The van der Waals surface area contributed by atoms with Crippen molar-refractivity contribution in [2.24, 2.45) is 0 Å². The number of ether oxygens (including phenoxy) is 1. The highest BCUT2D eigenvalue weighted by molar-refractivity contribution is 5.80. The maximum absolute atomic E-state index is 5.90. The molecule has 2 aromatic heterocycles. The van der Waals surface area contributed by atoms with Gasteiger partial charge in [-0.2, -0.15) is 5.10 Å². The molecule has 2 aromatic carbocycles. The molecule has 4 aromatic rings. The second kappa shape index (κ2) is 10.7. The molecule has 0 amide bonds. The summed E-state index contributed by atoms with van der Waals surface area (Å²) in [6.45, 7) is 7.54. The second-order valence-electron chi connectivity index (χ2n) is 8.64. The molecule has 0 unspecified atom stereocenters. The van der Waals surface area contributed by atoms with Crippen LogP contribution in [0.4, 0.5) is 17.3 Å². The van der Waals surface area contributed by atoms with Crippen molar-refractivity contribution in [1.29, 1.82) is 0 Å². The van der Waals surface area contributed by atoms with Gasteiger partial charge in [0, 0.05) is 54.9 Å². The highest BCUT2D eigenvalue weighted by Gasteiger charge is 2.16. The molecule has 35 heavy (non-hydrogen) atoms. The maximum Gasteiger partial charge on any atom is 0.227 e. The molecule has 5 rings (SSSR count). The number of hydrogen-bond acceptors (Lipinski definition) is 7. The van der Waals surface area contributed by atoms with Crippen molar-refractivity contribution in [3.63, 3.8) is 0 Å². The lowest BCUT2D eigenvalue weighted by Crippen LogP contribution is -2.37. The number of rotatable bonds is 8. The van der Waals surface area contributed by atoms with Crippen LogP contribution in [0.2, 0.25) is 0 Å². The van der Waals surface area contributed by atoms with Gasteiger partial charge in [0.25, 0.3) is 0 Å². The molecule has 1 aliphatic rings. The lowest BCUT2D eigenvalue weighted by molar-refractivity contribution is 0.0384. The van der Waals surface area contributed by atoms with E-state index in [2.05, 4.69) is 45.4 Å². The number of aromatic nitrogens is 4. The van der Waals surface area contributed by atoms with E-state index in [1.54, 1.807) is 6.20 Å². The first-order valence-electron chi connectivity index (χ1n) is 12.1. The quantitative estimate of drug-likeness (QED) is 0.373. The third-order valence-electron chi connectivity index (χ3n) is 6.26. The van der Waals surface area contributed by atoms with E-state index in [0.29, 0.717) is 5.95 Å². The Bertz CT molecular complexity index is 1260. The molecule has 0 aliphatic carbocycles. The van der Waals surface area contributed by atoms with Gasteiger partial charge >= 0.3 is 0 Å². The summed E-state index contributed by atoms with van der Waals surface area (Å²) in [4.78, 5) is 11.7. The molecule has 1 aliphatic heterocycles. The van der Waals surface area contributed by atoms with Crippen LogP contribution in [0.15, 0.2) is 67.0 Å². The third kappa shape index (κ3) is 5.50. The fourth-order valence-electron chi connectivity index (χ4n) is 4.37. The SMILES string of the molecule is CCn1ncc(-c2ccnc(Nc3cccc(CCN4CCOCC4)c3)n2)c1-c1ccc(N)cc1. The predicted octanol–water partition coefficient (Wildman–Crippen LogP) is 4.23. The van der Waals surface area contributed by atoms with E-state index in [1.165, 1.54) is 5.56 Å². The molecule has 1 fully saturated rings. The summed E-state index contributed by atoms with van der Waals surface area (Å²) < 4.78 is 7.43. The molecule has 3 heterocycles. The van der Waals surface area contributed by atoms with Gasteiger partial charge in [-0.1, -0.05) is 24.3 Å². The predicted molar refractivity (Wildman–Crippen MR) is 139 cm³/mol. The van der Waals surface area contributed by atoms with Crippen molar-refractivity contribution < 1.29 is 4.74 Å². The van der Waals surface area contributed by atoms with E-state index in [0.717, 1.165) is 79.7 Å². The van der Waals surface area contributed by atoms with Crippen molar-refractivity contribution in [1.82, 2.24) is 24.6 Å². The molecular weight excluding hydrogens is 438 g/mol. The Kier molecular flexibility index (Phi) is 7.02. The van der Waals surface area contributed by atoms with E-state index < -0.39 is 0 Å².